The highest BCUT2D eigenvalue weighted by Gasteiger charge is 2.57. The minimum absolute atomic E-state index is 0.0879. The van der Waals surface area contributed by atoms with Gasteiger partial charge in [-0.3, -0.25) is 4.79 Å². The van der Waals surface area contributed by atoms with E-state index in [9.17, 15) is 14.7 Å². The van der Waals surface area contributed by atoms with Crippen LogP contribution in [-0.2, 0) is 9.59 Å². The number of ketones is 1. The Bertz CT molecular complexity index is 650. The van der Waals surface area contributed by atoms with Crippen LogP contribution in [-0.4, -0.2) is 11.8 Å². The molecule has 3 heteroatoms. The van der Waals surface area contributed by atoms with Crippen LogP contribution in [0.2, 0.25) is 0 Å². The molecule has 3 aliphatic rings. The average Bonchev–Trinajstić information content (AvgIpc) is 3.00. The second kappa shape index (κ2) is 8.55. The van der Waals surface area contributed by atoms with Crippen molar-refractivity contribution in [2.24, 2.45) is 46.3 Å². The third-order valence-corrected chi connectivity index (χ3v) is 9.15. The molecule has 3 nitrogen and oxygen atoms in total. The van der Waals surface area contributed by atoms with Gasteiger partial charge < -0.3 is 9.90 Å². The fourth-order valence-electron chi connectivity index (χ4n) is 7.38. The Morgan fingerprint density at radius 2 is 1.83 bits per heavy atom. The summed E-state index contributed by atoms with van der Waals surface area (Å²) < 4.78 is 0. The van der Waals surface area contributed by atoms with Gasteiger partial charge in [0.1, 0.15) is 0 Å². The molecule has 29 heavy (non-hydrogen) atoms. The summed E-state index contributed by atoms with van der Waals surface area (Å²) in [5, 5.41) is 12.4. The van der Waals surface area contributed by atoms with Gasteiger partial charge in [0.05, 0.1) is 0 Å². The molecule has 2 saturated carbocycles. The van der Waals surface area contributed by atoms with Gasteiger partial charge in [-0.2, -0.15) is 0 Å². The van der Waals surface area contributed by atoms with Crippen LogP contribution in [0.1, 0.15) is 92.4 Å². The van der Waals surface area contributed by atoms with E-state index in [1.165, 1.54) is 19.3 Å². The Kier molecular flexibility index (Phi) is 6.65. The summed E-state index contributed by atoms with van der Waals surface area (Å²) in [6.07, 6.45) is 13.1. The zero-order valence-electron chi connectivity index (χ0n) is 19.2. The molecule has 3 rings (SSSR count). The lowest BCUT2D eigenvalue weighted by Crippen LogP contribution is -2.53. The minimum Gasteiger partial charge on any atom is -0.550 e. The molecule has 0 spiro atoms. The molecule has 0 radical (unpaired) electrons. The molecule has 0 aromatic heterocycles. The minimum atomic E-state index is -0.856. The van der Waals surface area contributed by atoms with E-state index in [1.54, 1.807) is 6.08 Å². The molecule has 7 atom stereocenters. The number of carboxylic acid groups (broad SMARTS) is 1. The van der Waals surface area contributed by atoms with E-state index in [0.29, 0.717) is 18.3 Å². The van der Waals surface area contributed by atoms with Crippen molar-refractivity contribution < 1.29 is 14.7 Å². The average molecular weight is 402 g/mol. The number of carbonyl (C=O) groups is 2. The van der Waals surface area contributed by atoms with E-state index in [-0.39, 0.29) is 34.4 Å². The largest absolute Gasteiger partial charge is 0.550 e. The fraction of sp³-hybridized carbons (Fsp3) is 0.846. The molecular formula is C26H41O3-. The monoisotopic (exact) mass is 401 g/mol. The lowest BCUT2D eigenvalue weighted by atomic mass is 9.51. The number of hydrogen-bond acceptors (Lipinski definition) is 3. The fourth-order valence-corrected chi connectivity index (χ4v) is 7.38. The lowest BCUT2D eigenvalue weighted by Gasteiger charge is -2.54. The summed E-state index contributed by atoms with van der Waals surface area (Å²) in [5.74, 6) is 1.27. The van der Waals surface area contributed by atoms with Crippen LogP contribution in [0.4, 0.5) is 0 Å². The van der Waals surface area contributed by atoms with Crippen LogP contribution in [0.5, 0.6) is 0 Å². The molecule has 0 bridgehead atoms. The molecule has 0 unspecified atom stereocenters. The van der Waals surface area contributed by atoms with Crippen molar-refractivity contribution in [3.05, 3.63) is 12.2 Å². The van der Waals surface area contributed by atoms with Crippen molar-refractivity contribution in [1.29, 1.82) is 0 Å². The van der Waals surface area contributed by atoms with Crippen LogP contribution >= 0.6 is 0 Å². The highest BCUT2D eigenvalue weighted by Crippen LogP contribution is 2.64. The quantitative estimate of drug-likeness (QED) is 0.590. The topological polar surface area (TPSA) is 57.2 Å². The van der Waals surface area contributed by atoms with Crippen LogP contribution in [0.25, 0.3) is 0 Å². The van der Waals surface area contributed by atoms with Gasteiger partial charge in [-0.15, -0.1) is 0 Å². The normalized spacial score (nSPS) is 40.8. The van der Waals surface area contributed by atoms with Crippen molar-refractivity contribution in [3.8, 4) is 0 Å². The molecule has 164 valence electrons. The maximum atomic E-state index is 12.4. The van der Waals surface area contributed by atoms with E-state index in [0.717, 1.165) is 38.0 Å². The van der Waals surface area contributed by atoms with Crippen molar-refractivity contribution in [2.45, 2.75) is 92.4 Å². The van der Waals surface area contributed by atoms with Gasteiger partial charge >= 0.3 is 0 Å². The molecule has 0 N–H and O–H groups in total. The summed E-state index contributed by atoms with van der Waals surface area (Å²) in [6, 6.07) is 0. The Hall–Kier alpha value is -1.12. The molecule has 0 aromatic rings. The van der Waals surface area contributed by atoms with Gasteiger partial charge in [-0.1, -0.05) is 60.0 Å². The SMILES string of the molecule is CC(C)CCC[C@@H](C)[C@@H]1CC[C@H]2[C@@H](C(=O)[O-])[C@@H]([C@]3(C)C=CC(=O)CC3)CC[C@@]21C. The van der Waals surface area contributed by atoms with Crippen molar-refractivity contribution >= 4 is 11.8 Å². The molecule has 0 saturated heterocycles. The maximum Gasteiger partial charge on any atom is 0.155 e. The first-order chi connectivity index (χ1) is 13.6. The molecule has 2 fully saturated rings. The van der Waals surface area contributed by atoms with Crippen LogP contribution in [0.15, 0.2) is 12.2 Å². The number of allylic oxidation sites excluding steroid dienone is 2. The summed E-state index contributed by atoms with van der Waals surface area (Å²) in [7, 11) is 0. The van der Waals surface area contributed by atoms with Crippen molar-refractivity contribution in [3.63, 3.8) is 0 Å². The van der Waals surface area contributed by atoms with Gasteiger partial charge in [0.2, 0.25) is 0 Å². The number of hydrogen-bond donors (Lipinski definition) is 0. The van der Waals surface area contributed by atoms with E-state index in [2.05, 4.69) is 34.6 Å². The van der Waals surface area contributed by atoms with Crippen molar-refractivity contribution in [2.75, 3.05) is 0 Å². The molecule has 0 heterocycles. The highest BCUT2D eigenvalue weighted by molar-refractivity contribution is 5.90. The summed E-state index contributed by atoms with van der Waals surface area (Å²) in [6.45, 7) is 11.5. The molecule has 0 aliphatic heterocycles. The molecule has 3 aliphatic carbocycles. The smallest absolute Gasteiger partial charge is 0.155 e. The molecular weight excluding hydrogens is 360 g/mol. The van der Waals surface area contributed by atoms with Crippen LogP contribution in [0, 0.1) is 46.3 Å². The van der Waals surface area contributed by atoms with Crippen LogP contribution < -0.4 is 5.11 Å². The Balaban J connectivity index is 1.79. The van der Waals surface area contributed by atoms with Crippen LogP contribution in [0.3, 0.4) is 0 Å². The third kappa shape index (κ3) is 4.35. The number of rotatable bonds is 7. The standard InChI is InChI=1S/C26H42O3/c1-17(2)7-6-8-18(3)20-9-10-22-23(24(28)29)21(13-16-26(20,22)5)25(4)14-11-19(27)12-15-25/h11,14,17-18,20-23H,6-10,12-13,15-16H2,1-5H3,(H,28,29)/p-1/t18-,20+,21+,22+,23+,25-,26-/m1/s1. The number of aliphatic carboxylic acids is 1. The second-order valence-electron chi connectivity index (χ2n) is 11.4. The van der Waals surface area contributed by atoms with Gasteiger partial charge in [0, 0.05) is 18.3 Å². The lowest BCUT2D eigenvalue weighted by molar-refractivity contribution is -0.319. The number of fused-ring (bicyclic) bond motifs is 1. The first-order valence-electron chi connectivity index (χ1n) is 12.0. The van der Waals surface area contributed by atoms with Gasteiger partial charge in [-0.25, -0.2) is 0 Å². The molecule has 0 aromatic carbocycles. The summed E-state index contributed by atoms with van der Waals surface area (Å²) in [4.78, 5) is 24.1. The highest BCUT2D eigenvalue weighted by atomic mass is 16.4. The second-order valence-corrected chi connectivity index (χ2v) is 11.4. The van der Waals surface area contributed by atoms with E-state index in [4.69, 9.17) is 0 Å². The third-order valence-electron chi connectivity index (χ3n) is 9.15. The first-order valence-corrected chi connectivity index (χ1v) is 12.0. The van der Waals surface area contributed by atoms with Gasteiger partial charge in [-0.05, 0) is 78.6 Å². The summed E-state index contributed by atoms with van der Waals surface area (Å²) >= 11 is 0. The number of carboxylic acids is 1. The van der Waals surface area contributed by atoms with Crippen molar-refractivity contribution in [1.82, 2.24) is 0 Å². The molecule has 0 amide bonds. The van der Waals surface area contributed by atoms with E-state index < -0.39 is 5.97 Å². The zero-order valence-corrected chi connectivity index (χ0v) is 19.2. The number of carbonyl (C=O) groups excluding carboxylic acids is 2. The van der Waals surface area contributed by atoms with Gasteiger partial charge in [0.15, 0.2) is 5.78 Å². The Morgan fingerprint density at radius 3 is 2.41 bits per heavy atom. The predicted octanol–water partition coefficient (Wildman–Crippen LogP) is 5.18. The van der Waals surface area contributed by atoms with E-state index in [1.807, 2.05) is 6.08 Å². The predicted molar refractivity (Wildman–Crippen MR) is 115 cm³/mol. The Labute approximate surface area is 177 Å². The van der Waals surface area contributed by atoms with E-state index >= 15 is 0 Å². The maximum absolute atomic E-state index is 12.4. The summed E-state index contributed by atoms with van der Waals surface area (Å²) in [5.41, 5.74) is -0.0794. The zero-order chi connectivity index (χ0) is 21.4. The Morgan fingerprint density at radius 1 is 1.10 bits per heavy atom. The van der Waals surface area contributed by atoms with Gasteiger partial charge in [0.25, 0.3) is 0 Å². The first kappa shape index (κ1) is 22.6.